The summed E-state index contributed by atoms with van der Waals surface area (Å²) in [4.78, 5) is 4.18. The molecule has 0 radical (unpaired) electrons. The number of hydrogen-bond acceptors (Lipinski definition) is 3. The van der Waals surface area contributed by atoms with Crippen LogP contribution in [0, 0.1) is 13.8 Å². The fourth-order valence-electron chi connectivity index (χ4n) is 1.48. The number of ether oxygens (including phenoxy) is 1. The molecule has 1 aliphatic heterocycles. The minimum Gasteiger partial charge on any atom is -0.463 e. The number of rotatable bonds is 1. The molecule has 0 aliphatic carbocycles. The maximum absolute atomic E-state index is 5.28. The average Bonchev–Trinajstić information content (AvgIpc) is 2.62. The molecule has 14 heavy (non-hydrogen) atoms. The van der Waals surface area contributed by atoms with Crippen molar-refractivity contribution in [1.29, 1.82) is 0 Å². The van der Waals surface area contributed by atoms with Crippen molar-refractivity contribution in [3.63, 3.8) is 0 Å². The molecule has 0 saturated carbocycles. The molecule has 1 heterocycles. The summed E-state index contributed by atoms with van der Waals surface area (Å²) in [5, 5.41) is 3.16. The zero-order chi connectivity index (χ0) is 9.97. The molecule has 1 aliphatic rings. The minimum absolute atomic E-state index is 0.636. The largest absolute Gasteiger partial charge is 0.463 e. The topological polar surface area (TPSA) is 33.6 Å². The first kappa shape index (κ1) is 9.06. The first-order chi connectivity index (χ1) is 6.75. The normalized spacial score (nSPS) is 14.9. The van der Waals surface area contributed by atoms with Crippen molar-refractivity contribution in [1.82, 2.24) is 0 Å². The molecule has 1 aromatic rings. The summed E-state index contributed by atoms with van der Waals surface area (Å²) < 4.78 is 5.28. The van der Waals surface area contributed by atoms with Crippen LogP contribution in [0.4, 0.5) is 5.69 Å². The predicted octanol–water partition coefficient (Wildman–Crippen LogP) is 2.10. The lowest BCUT2D eigenvalue weighted by molar-refractivity contribution is 0.346. The molecule has 3 heteroatoms. The van der Waals surface area contributed by atoms with Crippen molar-refractivity contribution in [2.75, 3.05) is 18.5 Å². The first-order valence-electron chi connectivity index (χ1n) is 4.77. The van der Waals surface area contributed by atoms with Gasteiger partial charge in [0.15, 0.2) is 0 Å². The second-order valence-corrected chi connectivity index (χ2v) is 3.48. The van der Waals surface area contributed by atoms with E-state index in [1.54, 1.807) is 0 Å². The third-order valence-corrected chi connectivity index (χ3v) is 2.21. The molecule has 0 bridgehead atoms. The molecule has 1 N–H and O–H groups in total. The number of nitrogens with one attached hydrogen (secondary N) is 1. The van der Waals surface area contributed by atoms with Crippen LogP contribution in [0.5, 0.6) is 0 Å². The Morgan fingerprint density at radius 1 is 1.36 bits per heavy atom. The second kappa shape index (κ2) is 3.70. The highest BCUT2D eigenvalue weighted by atomic mass is 16.5. The zero-order valence-corrected chi connectivity index (χ0v) is 8.50. The summed E-state index contributed by atoms with van der Waals surface area (Å²) in [7, 11) is 0. The van der Waals surface area contributed by atoms with Crippen LogP contribution in [0.1, 0.15) is 11.1 Å². The van der Waals surface area contributed by atoms with Gasteiger partial charge in [0, 0.05) is 5.69 Å². The van der Waals surface area contributed by atoms with Crippen LogP contribution in [-0.4, -0.2) is 19.2 Å². The van der Waals surface area contributed by atoms with E-state index in [1.807, 2.05) is 0 Å². The van der Waals surface area contributed by atoms with E-state index in [9.17, 15) is 0 Å². The Morgan fingerprint density at radius 2 is 2.21 bits per heavy atom. The van der Waals surface area contributed by atoms with E-state index < -0.39 is 0 Å². The van der Waals surface area contributed by atoms with Crippen LogP contribution >= 0.6 is 0 Å². The fraction of sp³-hybridized carbons (Fsp3) is 0.364. The number of benzene rings is 1. The van der Waals surface area contributed by atoms with Crippen molar-refractivity contribution in [2.24, 2.45) is 4.99 Å². The maximum atomic E-state index is 5.28. The molecule has 0 aromatic heterocycles. The standard InChI is InChI=1S/C11H14N2O/c1-8-3-4-10(9(2)7-8)13-11-12-5-6-14-11/h3-4,7H,5-6H2,1-2H3,(H,12,13). The predicted molar refractivity (Wildman–Crippen MR) is 57.8 cm³/mol. The molecule has 0 unspecified atom stereocenters. The lowest BCUT2D eigenvalue weighted by atomic mass is 10.1. The average molecular weight is 190 g/mol. The molecule has 74 valence electrons. The Balaban J connectivity index is 2.16. The third-order valence-electron chi connectivity index (χ3n) is 2.21. The Bertz CT molecular complexity index is 372. The quantitative estimate of drug-likeness (QED) is 0.735. The number of nitrogens with zero attached hydrogens (tertiary/aromatic N) is 1. The van der Waals surface area contributed by atoms with E-state index in [2.05, 4.69) is 42.4 Å². The van der Waals surface area contributed by atoms with Crippen LogP contribution in [0.15, 0.2) is 23.2 Å². The van der Waals surface area contributed by atoms with Gasteiger partial charge >= 0.3 is 0 Å². The van der Waals surface area contributed by atoms with Gasteiger partial charge in [-0.2, -0.15) is 0 Å². The Labute approximate surface area is 83.8 Å². The van der Waals surface area contributed by atoms with Crippen LogP contribution < -0.4 is 5.32 Å². The van der Waals surface area contributed by atoms with Gasteiger partial charge in [0.05, 0.1) is 6.54 Å². The van der Waals surface area contributed by atoms with Gasteiger partial charge < -0.3 is 10.1 Å². The fourth-order valence-corrected chi connectivity index (χ4v) is 1.48. The summed E-state index contributed by atoms with van der Waals surface area (Å²) in [5.74, 6) is 0. The molecule has 0 amide bonds. The van der Waals surface area contributed by atoms with Gasteiger partial charge in [0.2, 0.25) is 0 Å². The van der Waals surface area contributed by atoms with E-state index >= 15 is 0 Å². The molecule has 2 rings (SSSR count). The molecule has 0 fully saturated rings. The van der Waals surface area contributed by atoms with Crippen molar-refractivity contribution < 1.29 is 4.74 Å². The van der Waals surface area contributed by atoms with Gasteiger partial charge in [-0.15, -0.1) is 0 Å². The summed E-state index contributed by atoms with van der Waals surface area (Å²) in [6.45, 7) is 5.60. The molecule has 0 saturated heterocycles. The van der Waals surface area contributed by atoms with E-state index in [1.165, 1.54) is 11.1 Å². The van der Waals surface area contributed by atoms with Crippen LogP contribution in [-0.2, 0) is 4.74 Å². The van der Waals surface area contributed by atoms with Crippen molar-refractivity contribution in [3.05, 3.63) is 29.3 Å². The summed E-state index contributed by atoms with van der Waals surface area (Å²) in [5.41, 5.74) is 3.54. The highest BCUT2D eigenvalue weighted by Gasteiger charge is 2.08. The molecule has 0 atom stereocenters. The Kier molecular flexibility index (Phi) is 2.39. The molecule has 1 aromatic carbocycles. The number of aryl methyl sites for hydroxylation is 2. The number of amidine groups is 1. The van der Waals surface area contributed by atoms with Gasteiger partial charge in [0.25, 0.3) is 6.02 Å². The van der Waals surface area contributed by atoms with E-state index in [0.717, 1.165) is 12.2 Å². The monoisotopic (exact) mass is 190 g/mol. The minimum atomic E-state index is 0.636. The summed E-state index contributed by atoms with van der Waals surface area (Å²) >= 11 is 0. The van der Waals surface area contributed by atoms with Crippen LogP contribution in [0.2, 0.25) is 0 Å². The summed E-state index contributed by atoms with van der Waals surface area (Å²) in [6, 6.07) is 6.90. The second-order valence-electron chi connectivity index (χ2n) is 3.48. The van der Waals surface area contributed by atoms with Gasteiger partial charge in [-0.05, 0) is 25.5 Å². The molecular formula is C11H14N2O. The van der Waals surface area contributed by atoms with E-state index in [4.69, 9.17) is 4.74 Å². The van der Waals surface area contributed by atoms with Crippen molar-refractivity contribution in [3.8, 4) is 0 Å². The van der Waals surface area contributed by atoms with E-state index in [0.29, 0.717) is 12.6 Å². The van der Waals surface area contributed by atoms with Gasteiger partial charge in [-0.3, -0.25) is 0 Å². The number of aliphatic imine (C=N–C) groups is 1. The lowest BCUT2D eigenvalue weighted by Gasteiger charge is -2.09. The summed E-state index contributed by atoms with van der Waals surface area (Å²) in [6.07, 6.45) is 0. The van der Waals surface area contributed by atoms with Gasteiger partial charge in [-0.25, -0.2) is 4.99 Å². The lowest BCUT2D eigenvalue weighted by Crippen LogP contribution is -2.12. The third kappa shape index (κ3) is 1.87. The molecule has 0 spiro atoms. The zero-order valence-electron chi connectivity index (χ0n) is 8.50. The van der Waals surface area contributed by atoms with Gasteiger partial charge in [0.1, 0.15) is 6.61 Å². The Morgan fingerprint density at radius 3 is 2.86 bits per heavy atom. The molecular weight excluding hydrogens is 176 g/mol. The van der Waals surface area contributed by atoms with Crippen molar-refractivity contribution >= 4 is 11.7 Å². The van der Waals surface area contributed by atoms with E-state index in [-0.39, 0.29) is 0 Å². The highest BCUT2D eigenvalue weighted by molar-refractivity contribution is 5.90. The van der Waals surface area contributed by atoms with Crippen molar-refractivity contribution in [2.45, 2.75) is 13.8 Å². The first-order valence-corrected chi connectivity index (χ1v) is 4.77. The van der Waals surface area contributed by atoms with Crippen LogP contribution in [0.3, 0.4) is 0 Å². The highest BCUT2D eigenvalue weighted by Crippen LogP contribution is 2.16. The SMILES string of the molecule is Cc1ccc(NC2=NCCO2)c(C)c1. The van der Waals surface area contributed by atoms with Gasteiger partial charge in [-0.1, -0.05) is 17.7 Å². The Hall–Kier alpha value is -1.51. The maximum Gasteiger partial charge on any atom is 0.289 e. The molecule has 3 nitrogen and oxygen atoms in total. The number of anilines is 1. The van der Waals surface area contributed by atoms with Crippen LogP contribution in [0.25, 0.3) is 0 Å². The number of hydrogen-bond donors (Lipinski definition) is 1. The smallest absolute Gasteiger partial charge is 0.289 e.